The van der Waals surface area contributed by atoms with Gasteiger partial charge >= 0.3 is 0 Å². The molecule has 0 aliphatic carbocycles. The zero-order valence-corrected chi connectivity index (χ0v) is 16.1. The molecule has 1 saturated heterocycles. The molecular formula is C17H22N4O5S. The monoisotopic (exact) mass is 394 g/mol. The number of hydrogen-bond donors (Lipinski definition) is 0. The minimum absolute atomic E-state index is 0.0254. The molecule has 1 aliphatic rings. The first-order valence-corrected chi connectivity index (χ1v) is 10.5. The second-order valence-electron chi connectivity index (χ2n) is 7.12. The van der Waals surface area contributed by atoms with Crippen molar-refractivity contribution in [3.8, 4) is 11.5 Å². The molecule has 0 aromatic carbocycles. The van der Waals surface area contributed by atoms with Crippen LogP contribution in [0.1, 0.15) is 20.3 Å². The van der Waals surface area contributed by atoms with E-state index in [9.17, 15) is 18.0 Å². The van der Waals surface area contributed by atoms with Crippen LogP contribution in [0, 0.1) is 5.92 Å². The summed E-state index contributed by atoms with van der Waals surface area (Å²) in [5.41, 5.74) is 0.189. The molecule has 1 fully saturated rings. The van der Waals surface area contributed by atoms with E-state index in [1.54, 1.807) is 11.0 Å². The van der Waals surface area contributed by atoms with Crippen LogP contribution in [0.2, 0.25) is 0 Å². The van der Waals surface area contributed by atoms with E-state index in [1.165, 1.54) is 23.2 Å². The van der Waals surface area contributed by atoms with Crippen LogP contribution in [-0.2, 0) is 21.2 Å². The molecule has 1 aliphatic heterocycles. The summed E-state index contributed by atoms with van der Waals surface area (Å²) in [6.07, 6.45) is 3.10. The summed E-state index contributed by atoms with van der Waals surface area (Å²) in [7, 11) is -3.12. The van der Waals surface area contributed by atoms with Gasteiger partial charge in [0.25, 0.3) is 5.56 Å². The van der Waals surface area contributed by atoms with E-state index in [-0.39, 0.29) is 47.4 Å². The predicted octanol–water partition coefficient (Wildman–Crippen LogP) is 0.570. The van der Waals surface area contributed by atoms with E-state index in [1.807, 2.05) is 13.8 Å². The second kappa shape index (κ2) is 7.63. The maximum Gasteiger partial charge on any atom is 0.251 e. The van der Waals surface area contributed by atoms with E-state index in [0.717, 1.165) is 0 Å². The van der Waals surface area contributed by atoms with Crippen molar-refractivity contribution < 1.29 is 17.6 Å². The number of carbonyl (C=O) groups excluding carboxylic acids is 1. The van der Waals surface area contributed by atoms with Crippen molar-refractivity contribution >= 4 is 15.7 Å². The van der Waals surface area contributed by atoms with Crippen LogP contribution in [-0.4, -0.2) is 58.1 Å². The Morgan fingerprint density at radius 3 is 2.78 bits per heavy atom. The normalized spacial score (nSPS) is 18.7. The zero-order valence-electron chi connectivity index (χ0n) is 15.2. The first-order chi connectivity index (χ1) is 12.7. The fourth-order valence-corrected chi connectivity index (χ4v) is 4.92. The number of nitrogens with zero attached hydrogens (tertiary/aromatic N) is 4. The lowest BCUT2D eigenvalue weighted by Crippen LogP contribution is -2.45. The highest BCUT2D eigenvalue weighted by atomic mass is 32.2. The van der Waals surface area contributed by atoms with Crippen LogP contribution in [0.4, 0.5) is 0 Å². The van der Waals surface area contributed by atoms with Crippen LogP contribution in [0.3, 0.4) is 0 Å². The molecular weight excluding hydrogens is 372 g/mol. The first kappa shape index (κ1) is 19.3. The van der Waals surface area contributed by atoms with Gasteiger partial charge in [0.1, 0.15) is 6.54 Å². The minimum Gasteiger partial charge on any atom is -0.423 e. The summed E-state index contributed by atoms with van der Waals surface area (Å²) in [6, 6.07) is 2.53. The Balaban J connectivity index is 1.83. The highest BCUT2D eigenvalue weighted by Gasteiger charge is 2.34. The average molecular weight is 394 g/mol. The number of rotatable bonds is 6. The van der Waals surface area contributed by atoms with Crippen LogP contribution in [0.15, 0.2) is 33.9 Å². The van der Waals surface area contributed by atoms with Gasteiger partial charge in [-0.15, -0.1) is 10.2 Å². The molecule has 2 aromatic heterocycles. The van der Waals surface area contributed by atoms with Gasteiger partial charge in [0.15, 0.2) is 9.84 Å². The molecule has 27 heavy (non-hydrogen) atoms. The molecule has 0 bridgehead atoms. The smallest absolute Gasteiger partial charge is 0.251 e. The second-order valence-corrected chi connectivity index (χ2v) is 9.35. The van der Waals surface area contributed by atoms with Crippen molar-refractivity contribution in [2.45, 2.75) is 32.9 Å². The minimum atomic E-state index is -3.12. The van der Waals surface area contributed by atoms with Crippen LogP contribution >= 0.6 is 0 Å². The fourth-order valence-electron chi connectivity index (χ4n) is 3.19. The molecule has 3 heterocycles. The number of carbonyl (C=O) groups is 1. The average Bonchev–Trinajstić information content (AvgIpc) is 3.24. The number of amides is 1. The number of hydrogen-bond acceptors (Lipinski definition) is 7. The molecule has 0 unspecified atom stereocenters. The van der Waals surface area contributed by atoms with Gasteiger partial charge in [-0.2, -0.15) is 0 Å². The van der Waals surface area contributed by atoms with Gasteiger partial charge in [0.05, 0.1) is 17.1 Å². The topological polar surface area (TPSA) is 115 Å². The Bertz CT molecular complexity index is 965. The van der Waals surface area contributed by atoms with Crippen molar-refractivity contribution in [3.05, 3.63) is 35.1 Å². The van der Waals surface area contributed by atoms with Crippen LogP contribution < -0.4 is 5.56 Å². The highest BCUT2D eigenvalue weighted by Crippen LogP contribution is 2.20. The lowest BCUT2D eigenvalue weighted by molar-refractivity contribution is -0.134. The largest absolute Gasteiger partial charge is 0.423 e. The predicted molar refractivity (Wildman–Crippen MR) is 97.6 cm³/mol. The molecule has 1 atom stereocenters. The summed E-state index contributed by atoms with van der Waals surface area (Å²) < 4.78 is 30.1. The Kier molecular flexibility index (Phi) is 5.45. The molecule has 10 heteroatoms. The number of pyridine rings is 1. The van der Waals surface area contributed by atoms with Crippen molar-refractivity contribution in [3.63, 3.8) is 0 Å². The van der Waals surface area contributed by atoms with Gasteiger partial charge in [-0.05, 0) is 18.4 Å². The van der Waals surface area contributed by atoms with Crippen molar-refractivity contribution in [1.82, 2.24) is 19.7 Å². The summed E-state index contributed by atoms with van der Waals surface area (Å²) in [6.45, 7) is 4.19. The van der Waals surface area contributed by atoms with E-state index < -0.39 is 9.84 Å². The molecule has 0 radical (unpaired) electrons. The maximum absolute atomic E-state index is 12.9. The van der Waals surface area contributed by atoms with Gasteiger partial charge in [0, 0.05) is 24.8 Å². The molecule has 146 valence electrons. The Labute approximate surface area is 156 Å². The summed E-state index contributed by atoms with van der Waals surface area (Å²) in [5.74, 6) is 0.209. The van der Waals surface area contributed by atoms with Gasteiger partial charge < -0.3 is 13.9 Å². The van der Waals surface area contributed by atoms with Gasteiger partial charge in [0.2, 0.25) is 18.2 Å². The number of sulfone groups is 1. The first-order valence-electron chi connectivity index (χ1n) is 8.72. The maximum atomic E-state index is 12.9. The Morgan fingerprint density at radius 1 is 1.41 bits per heavy atom. The summed E-state index contributed by atoms with van der Waals surface area (Å²) >= 11 is 0. The molecule has 2 aromatic rings. The Hall–Kier alpha value is -2.49. The molecule has 3 rings (SSSR count). The van der Waals surface area contributed by atoms with Crippen molar-refractivity contribution in [1.29, 1.82) is 0 Å². The SMILES string of the molecule is CC(C)CN(C(=O)Cn1cc(-c2nnco2)ccc1=O)[C@H]1CCS(=O)(=O)C1. The van der Waals surface area contributed by atoms with Gasteiger partial charge in [-0.3, -0.25) is 9.59 Å². The lowest BCUT2D eigenvalue weighted by Gasteiger charge is -2.30. The molecule has 0 spiro atoms. The third kappa shape index (κ3) is 4.62. The molecule has 1 amide bonds. The Morgan fingerprint density at radius 2 is 2.19 bits per heavy atom. The third-order valence-electron chi connectivity index (χ3n) is 4.43. The van der Waals surface area contributed by atoms with E-state index in [4.69, 9.17) is 4.42 Å². The van der Waals surface area contributed by atoms with Gasteiger partial charge in [-0.25, -0.2) is 8.42 Å². The van der Waals surface area contributed by atoms with Gasteiger partial charge in [-0.1, -0.05) is 13.8 Å². The highest BCUT2D eigenvalue weighted by molar-refractivity contribution is 7.91. The molecule has 0 saturated carbocycles. The van der Waals surface area contributed by atoms with Crippen molar-refractivity contribution in [2.75, 3.05) is 18.1 Å². The quantitative estimate of drug-likeness (QED) is 0.703. The van der Waals surface area contributed by atoms with E-state index in [2.05, 4.69) is 10.2 Å². The van der Waals surface area contributed by atoms with Crippen LogP contribution in [0.5, 0.6) is 0 Å². The lowest BCUT2D eigenvalue weighted by atomic mass is 10.1. The standard InChI is InChI=1S/C17H22N4O5S/c1-12(2)7-21(14-5-6-27(24,25)10-14)16(23)9-20-8-13(3-4-15(20)22)17-19-18-11-26-17/h3-4,8,11-12,14H,5-7,9-10H2,1-2H3/t14-/m0/s1. The number of aromatic nitrogens is 3. The summed E-state index contributed by atoms with van der Waals surface area (Å²) in [5, 5.41) is 7.40. The zero-order chi connectivity index (χ0) is 19.6. The van der Waals surface area contributed by atoms with Crippen molar-refractivity contribution in [2.24, 2.45) is 5.92 Å². The molecule has 9 nitrogen and oxygen atoms in total. The fraction of sp³-hybridized carbons (Fsp3) is 0.529. The third-order valence-corrected chi connectivity index (χ3v) is 6.18. The molecule has 0 N–H and O–H groups in total. The van der Waals surface area contributed by atoms with Crippen LogP contribution in [0.25, 0.3) is 11.5 Å². The van der Waals surface area contributed by atoms with E-state index in [0.29, 0.717) is 18.5 Å². The summed E-state index contributed by atoms with van der Waals surface area (Å²) in [4.78, 5) is 26.7. The van der Waals surface area contributed by atoms with E-state index >= 15 is 0 Å².